The van der Waals surface area contributed by atoms with Crippen LogP contribution in [0.1, 0.15) is 17.4 Å². The van der Waals surface area contributed by atoms with Gasteiger partial charge in [0, 0.05) is 37.1 Å². The van der Waals surface area contributed by atoms with Crippen LogP contribution in [0.25, 0.3) is 0 Å². The van der Waals surface area contributed by atoms with Crippen LogP contribution in [0.5, 0.6) is 5.75 Å². The summed E-state index contributed by atoms with van der Waals surface area (Å²) in [4.78, 5) is 3.77. The molecule has 140 valence electrons. The van der Waals surface area contributed by atoms with Crippen molar-refractivity contribution in [3.63, 3.8) is 0 Å². The van der Waals surface area contributed by atoms with Crippen molar-refractivity contribution >= 4 is 21.4 Å². The number of ether oxygens (including phenoxy) is 1. The predicted molar refractivity (Wildman–Crippen MR) is 98.5 cm³/mol. The van der Waals surface area contributed by atoms with E-state index in [1.807, 2.05) is 0 Å². The molecule has 0 saturated carbocycles. The zero-order valence-corrected chi connectivity index (χ0v) is 16.2. The number of fused-ring (bicyclic) bond motifs is 1. The van der Waals surface area contributed by atoms with Crippen LogP contribution >= 0.6 is 11.3 Å². The van der Waals surface area contributed by atoms with Crippen LogP contribution < -0.4 is 4.74 Å². The molecule has 0 bridgehead atoms. The molecule has 0 N–H and O–H groups in total. The molecule has 1 fully saturated rings. The van der Waals surface area contributed by atoms with Gasteiger partial charge in [-0.15, -0.1) is 11.3 Å². The Hall–Kier alpha value is -1.48. The smallest absolute Gasteiger partial charge is 0.243 e. The molecule has 2 aromatic rings. The Morgan fingerprint density at radius 1 is 1.31 bits per heavy atom. The van der Waals surface area contributed by atoms with Gasteiger partial charge < -0.3 is 4.74 Å². The molecule has 26 heavy (non-hydrogen) atoms. The highest BCUT2D eigenvalue weighted by Crippen LogP contribution is 2.31. The summed E-state index contributed by atoms with van der Waals surface area (Å²) < 4.78 is 46.0. The number of nitrogens with zero attached hydrogens (tertiary/aromatic N) is 2. The van der Waals surface area contributed by atoms with Crippen LogP contribution in [0.2, 0.25) is 0 Å². The van der Waals surface area contributed by atoms with Gasteiger partial charge in [-0.3, -0.25) is 4.90 Å². The normalized spacial score (nSPS) is 19.2. The van der Waals surface area contributed by atoms with Gasteiger partial charge in [0.25, 0.3) is 0 Å². The average Bonchev–Trinajstić information content (AvgIpc) is 3.03. The Morgan fingerprint density at radius 2 is 2.12 bits per heavy atom. The Balaban J connectivity index is 1.42. The van der Waals surface area contributed by atoms with Crippen molar-refractivity contribution in [3.8, 4) is 5.75 Å². The molecule has 1 saturated heterocycles. The summed E-state index contributed by atoms with van der Waals surface area (Å²) in [6.07, 6.45) is 1.03. The Morgan fingerprint density at radius 3 is 2.85 bits per heavy atom. The van der Waals surface area contributed by atoms with Crippen molar-refractivity contribution in [3.05, 3.63) is 45.9 Å². The summed E-state index contributed by atoms with van der Waals surface area (Å²) in [5.41, 5.74) is 1.36. The summed E-state index contributed by atoms with van der Waals surface area (Å²) in [6, 6.07) is 6.22. The lowest BCUT2D eigenvalue weighted by atomic mass is 10.0. The summed E-state index contributed by atoms with van der Waals surface area (Å²) >= 11 is 1.79. The molecule has 0 unspecified atom stereocenters. The van der Waals surface area contributed by atoms with Crippen molar-refractivity contribution in [2.75, 3.05) is 26.2 Å². The number of hydrogen-bond donors (Lipinski definition) is 0. The van der Waals surface area contributed by atoms with Gasteiger partial charge >= 0.3 is 0 Å². The van der Waals surface area contributed by atoms with E-state index in [0.717, 1.165) is 25.6 Å². The van der Waals surface area contributed by atoms with E-state index in [1.165, 1.54) is 26.9 Å². The van der Waals surface area contributed by atoms with Crippen molar-refractivity contribution in [1.82, 2.24) is 9.21 Å². The molecule has 2 aliphatic rings. The van der Waals surface area contributed by atoms with Crippen molar-refractivity contribution in [2.24, 2.45) is 0 Å². The summed E-state index contributed by atoms with van der Waals surface area (Å²) in [6.45, 7) is 4.84. The van der Waals surface area contributed by atoms with Gasteiger partial charge in [-0.1, -0.05) is 0 Å². The van der Waals surface area contributed by atoms with E-state index < -0.39 is 15.8 Å². The zero-order valence-electron chi connectivity index (χ0n) is 14.5. The molecule has 0 aliphatic carbocycles. The van der Waals surface area contributed by atoms with Gasteiger partial charge in [0.2, 0.25) is 10.0 Å². The molecule has 3 heterocycles. The highest BCUT2D eigenvalue weighted by Gasteiger charge is 2.40. The fourth-order valence-corrected chi connectivity index (χ4v) is 5.91. The van der Waals surface area contributed by atoms with Gasteiger partial charge in [-0.25, -0.2) is 12.8 Å². The lowest BCUT2D eigenvalue weighted by molar-refractivity contribution is 0.0775. The maximum Gasteiger partial charge on any atom is 0.243 e. The van der Waals surface area contributed by atoms with Gasteiger partial charge in [-0.05, 0) is 48.6 Å². The summed E-state index contributed by atoms with van der Waals surface area (Å²) in [5, 5.41) is 2.12. The molecule has 0 radical (unpaired) electrons. The molecule has 5 nitrogen and oxygen atoms in total. The monoisotopic (exact) mass is 396 g/mol. The van der Waals surface area contributed by atoms with Crippen LogP contribution in [0.4, 0.5) is 4.39 Å². The first kappa shape index (κ1) is 17.9. The van der Waals surface area contributed by atoms with Gasteiger partial charge in [0.05, 0.1) is 11.5 Å². The van der Waals surface area contributed by atoms with E-state index in [0.29, 0.717) is 19.7 Å². The van der Waals surface area contributed by atoms with E-state index in [-0.39, 0.29) is 16.7 Å². The molecule has 1 aromatic heterocycles. The SMILES string of the molecule is CCOc1ccc(S(=O)(=O)N2CC(N3CCc4sccc4C3)C2)cc1F. The second kappa shape index (κ2) is 6.92. The average molecular weight is 397 g/mol. The second-order valence-electron chi connectivity index (χ2n) is 6.59. The van der Waals surface area contributed by atoms with E-state index in [1.54, 1.807) is 18.3 Å². The third kappa shape index (κ3) is 3.15. The molecule has 0 spiro atoms. The van der Waals surface area contributed by atoms with Crippen molar-refractivity contribution in [2.45, 2.75) is 30.8 Å². The first-order valence-electron chi connectivity index (χ1n) is 8.71. The van der Waals surface area contributed by atoms with Crippen molar-refractivity contribution < 1.29 is 17.5 Å². The number of thiophene rings is 1. The lowest BCUT2D eigenvalue weighted by Gasteiger charge is -2.45. The van der Waals surface area contributed by atoms with E-state index in [2.05, 4.69) is 16.3 Å². The number of hydrogen-bond acceptors (Lipinski definition) is 5. The third-order valence-corrected chi connectivity index (χ3v) is 7.87. The molecular formula is C18H21FN2O3S2. The third-order valence-electron chi connectivity index (χ3n) is 5.02. The van der Waals surface area contributed by atoms with Gasteiger partial charge in [-0.2, -0.15) is 4.31 Å². The molecule has 0 atom stereocenters. The zero-order chi connectivity index (χ0) is 18.3. The first-order chi connectivity index (χ1) is 12.5. The van der Waals surface area contributed by atoms with Gasteiger partial charge in [0.15, 0.2) is 11.6 Å². The molecule has 2 aliphatic heterocycles. The molecule has 0 amide bonds. The fraction of sp³-hybridized carbons (Fsp3) is 0.444. The first-order valence-corrected chi connectivity index (χ1v) is 11.0. The predicted octanol–water partition coefficient (Wildman–Crippen LogP) is 2.72. The minimum absolute atomic E-state index is 0.0179. The largest absolute Gasteiger partial charge is 0.491 e. The Bertz CT molecular complexity index is 907. The molecule has 1 aromatic carbocycles. The maximum atomic E-state index is 14.0. The standard InChI is InChI=1S/C18H21FN2O3S2/c1-2-24-17-4-3-15(9-16(17)19)26(22,23)21-11-14(12-21)20-7-5-18-13(10-20)6-8-25-18/h3-4,6,8-9,14H,2,5,7,10-12H2,1H3. The van der Waals surface area contributed by atoms with Crippen LogP contribution in [0.15, 0.2) is 34.5 Å². The van der Waals surface area contributed by atoms with Crippen LogP contribution in [-0.4, -0.2) is 49.9 Å². The summed E-state index contributed by atoms with van der Waals surface area (Å²) in [7, 11) is -3.66. The quantitative estimate of drug-likeness (QED) is 0.780. The molecule has 8 heteroatoms. The van der Waals surface area contributed by atoms with Crippen LogP contribution in [0, 0.1) is 5.82 Å². The number of benzene rings is 1. The maximum absolute atomic E-state index is 14.0. The highest BCUT2D eigenvalue weighted by molar-refractivity contribution is 7.89. The van der Waals surface area contributed by atoms with Crippen molar-refractivity contribution in [1.29, 1.82) is 0 Å². The minimum Gasteiger partial charge on any atom is -0.491 e. The van der Waals surface area contributed by atoms with E-state index in [9.17, 15) is 12.8 Å². The van der Waals surface area contributed by atoms with Crippen LogP contribution in [0.3, 0.4) is 0 Å². The fourth-order valence-electron chi connectivity index (χ4n) is 3.49. The minimum atomic E-state index is -3.66. The topological polar surface area (TPSA) is 49.9 Å². The Kier molecular flexibility index (Phi) is 4.77. The van der Waals surface area contributed by atoms with E-state index >= 15 is 0 Å². The number of halogens is 1. The molecular weight excluding hydrogens is 375 g/mol. The van der Waals surface area contributed by atoms with E-state index in [4.69, 9.17) is 4.74 Å². The highest BCUT2D eigenvalue weighted by atomic mass is 32.2. The summed E-state index contributed by atoms with van der Waals surface area (Å²) in [5.74, 6) is -0.571. The Labute approximate surface area is 157 Å². The number of sulfonamides is 1. The van der Waals surface area contributed by atoms with Crippen LogP contribution in [-0.2, 0) is 23.0 Å². The molecule has 4 rings (SSSR count). The van der Waals surface area contributed by atoms with Gasteiger partial charge in [0.1, 0.15) is 0 Å². The number of rotatable bonds is 5. The lowest BCUT2D eigenvalue weighted by Crippen LogP contribution is -2.61. The second-order valence-corrected chi connectivity index (χ2v) is 9.53.